The van der Waals surface area contributed by atoms with Gasteiger partial charge in [0.15, 0.2) is 0 Å². The number of rotatable bonds is 6. The summed E-state index contributed by atoms with van der Waals surface area (Å²) in [6.07, 6.45) is 0.726. The lowest BCUT2D eigenvalue weighted by atomic mass is 10.1. The lowest BCUT2D eigenvalue weighted by Crippen LogP contribution is -2.35. The zero-order valence-electron chi connectivity index (χ0n) is 11.6. The van der Waals surface area contributed by atoms with Crippen LogP contribution >= 0.6 is 12.4 Å². The van der Waals surface area contributed by atoms with Crippen LogP contribution in [0.3, 0.4) is 0 Å². The van der Waals surface area contributed by atoms with E-state index < -0.39 is 0 Å². The van der Waals surface area contributed by atoms with E-state index in [4.69, 9.17) is 0 Å². The Morgan fingerprint density at radius 3 is 2.68 bits per heavy atom. The van der Waals surface area contributed by atoms with Gasteiger partial charge in [-0.25, -0.2) is 4.39 Å². The van der Waals surface area contributed by atoms with Gasteiger partial charge in [-0.3, -0.25) is 4.79 Å². The van der Waals surface area contributed by atoms with Crippen molar-refractivity contribution in [2.75, 3.05) is 20.1 Å². The van der Waals surface area contributed by atoms with E-state index in [0.29, 0.717) is 13.1 Å². The Morgan fingerprint density at radius 2 is 2.11 bits per heavy atom. The predicted octanol–water partition coefficient (Wildman–Crippen LogP) is 2.07. The van der Waals surface area contributed by atoms with Crippen molar-refractivity contribution in [3.8, 4) is 0 Å². The lowest BCUT2D eigenvalue weighted by molar-refractivity contribution is -0.124. The molecule has 0 bridgehead atoms. The maximum absolute atomic E-state index is 12.9. The molecular formula is C14H22ClFN2O. The van der Waals surface area contributed by atoms with Crippen molar-refractivity contribution < 1.29 is 9.18 Å². The molecule has 1 atom stereocenters. The van der Waals surface area contributed by atoms with Crippen LogP contribution in [0.2, 0.25) is 0 Å². The molecule has 0 aliphatic carbocycles. The summed E-state index contributed by atoms with van der Waals surface area (Å²) >= 11 is 0. The lowest BCUT2D eigenvalue weighted by Gasteiger charge is -2.12. The van der Waals surface area contributed by atoms with Crippen LogP contribution in [-0.4, -0.2) is 26.0 Å². The summed E-state index contributed by atoms with van der Waals surface area (Å²) in [6, 6.07) is 4.74. The average Bonchev–Trinajstić information content (AvgIpc) is 2.32. The summed E-state index contributed by atoms with van der Waals surface area (Å²) in [6.45, 7) is 5.01. The van der Waals surface area contributed by atoms with Gasteiger partial charge in [-0.2, -0.15) is 0 Å². The van der Waals surface area contributed by atoms with Gasteiger partial charge in [-0.05, 0) is 43.7 Å². The van der Waals surface area contributed by atoms with Gasteiger partial charge >= 0.3 is 0 Å². The number of carbonyl (C=O) groups is 1. The highest BCUT2D eigenvalue weighted by Gasteiger charge is 2.10. The Morgan fingerprint density at radius 1 is 1.42 bits per heavy atom. The van der Waals surface area contributed by atoms with E-state index in [1.807, 2.05) is 20.9 Å². The standard InChI is InChI=1S/C14H21FN2O.ClH/c1-10-8-13(15)5-4-12(10)6-7-17-14(18)11(2)9-16-3;/h4-5,8,11,16H,6-7,9H2,1-3H3,(H,17,18);1H. The van der Waals surface area contributed by atoms with Gasteiger partial charge < -0.3 is 10.6 Å². The molecule has 108 valence electrons. The normalized spacial score (nSPS) is 11.6. The highest BCUT2D eigenvalue weighted by atomic mass is 35.5. The number of halogens is 2. The van der Waals surface area contributed by atoms with E-state index in [1.54, 1.807) is 6.07 Å². The molecule has 1 unspecified atom stereocenters. The molecule has 5 heteroatoms. The fourth-order valence-electron chi connectivity index (χ4n) is 1.83. The molecule has 3 nitrogen and oxygen atoms in total. The first-order valence-electron chi connectivity index (χ1n) is 6.22. The third-order valence-corrected chi connectivity index (χ3v) is 2.96. The van der Waals surface area contributed by atoms with Gasteiger partial charge in [0, 0.05) is 19.0 Å². The van der Waals surface area contributed by atoms with Gasteiger partial charge in [0.25, 0.3) is 0 Å². The molecular weight excluding hydrogens is 267 g/mol. The predicted molar refractivity (Wildman–Crippen MR) is 78.2 cm³/mol. The first-order valence-corrected chi connectivity index (χ1v) is 6.22. The summed E-state index contributed by atoms with van der Waals surface area (Å²) in [7, 11) is 1.83. The molecule has 1 amide bonds. The van der Waals surface area contributed by atoms with E-state index in [-0.39, 0.29) is 30.0 Å². The first-order chi connectivity index (χ1) is 8.54. The van der Waals surface area contributed by atoms with E-state index in [2.05, 4.69) is 10.6 Å². The van der Waals surface area contributed by atoms with Crippen molar-refractivity contribution in [1.82, 2.24) is 10.6 Å². The number of amides is 1. The van der Waals surface area contributed by atoms with Crippen LogP contribution in [0.15, 0.2) is 18.2 Å². The van der Waals surface area contributed by atoms with Crippen molar-refractivity contribution in [2.45, 2.75) is 20.3 Å². The Bertz CT molecular complexity index is 412. The van der Waals surface area contributed by atoms with Crippen LogP contribution in [0.25, 0.3) is 0 Å². The average molecular weight is 289 g/mol. The largest absolute Gasteiger partial charge is 0.355 e. The topological polar surface area (TPSA) is 41.1 Å². The number of carbonyl (C=O) groups excluding carboxylic acids is 1. The molecule has 0 spiro atoms. The zero-order chi connectivity index (χ0) is 13.5. The van der Waals surface area contributed by atoms with Crippen molar-refractivity contribution in [2.24, 2.45) is 5.92 Å². The van der Waals surface area contributed by atoms with Crippen molar-refractivity contribution >= 4 is 18.3 Å². The molecule has 19 heavy (non-hydrogen) atoms. The van der Waals surface area contributed by atoms with Crippen LogP contribution in [0, 0.1) is 18.7 Å². The fraction of sp³-hybridized carbons (Fsp3) is 0.500. The molecule has 0 saturated heterocycles. The third kappa shape index (κ3) is 6.03. The van der Waals surface area contributed by atoms with Crippen LogP contribution in [0.4, 0.5) is 4.39 Å². The second-order valence-electron chi connectivity index (χ2n) is 4.57. The SMILES string of the molecule is CNCC(C)C(=O)NCCc1ccc(F)cc1C.Cl. The van der Waals surface area contributed by atoms with Crippen molar-refractivity contribution in [1.29, 1.82) is 0 Å². The van der Waals surface area contributed by atoms with E-state index in [0.717, 1.165) is 17.5 Å². The maximum Gasteiger partial charge on any atom is 0.224 e. The summed E-state index contributed by atoms with van der Waals surface area (Å²) in [5, 5.41) is 5.85. The Kier molecular flexibility index (Phi) is 8.35. The smallest absolute Gasteiger partial charge is 0.224 e. The van der Waals surface area contributed by atoms with E-state index in [1.165, 1.54) is 12.1 Å². The second-order valence-corrected chi connectivity index (χ2v) is 4.57. The number of benzene rings is 1. The van der Waals surface area contributed by atoms with Gasteiger partial charge in [0.2, 0.25) is 5.91 Å². The number of nitrogens with one attached hydrogen (secondary N) is 2. The van der Waals surface area contributed by atoms with Crippen LogP contribution in [0.1, 0.15) is 18.1 Å². The third-order valence-electron chi connectivity index (χ3n) is 2.96. The van der Waals surface area contributed by atoms with Gasteiger partial charge in [-0.1, -0.05) is 13.0 Å². The van der Waals surface area contributed by atoms with Gasteiger partial charge in [-0.15, -0.1) is 12.4 Å². The summed E-state index contributed by atoms with van der Waals surface area (Å²) in [5.74, 6) is -0.212. The quantitative estimate of drug-likeness (QED) is 0.841. The highest BCUT2D eigenvalue weighted by Crippen LogP contribution is 2.10. The molecule has 0 radical (unpaired) electrons. The number of aryl methyl sites for hydroxylation is 1. The number of hydrogen-bond donors (Lipinski definition) is 2. The molecule has 1 aromatic rings. The van der Waals surface area contributed by atoms with Crippen LogP contribution in [0.5, 0.6) is 0 Å². The van der Waals surface area contributed by atoms with Crippen LogP contribution < -0.4 is 10.6 Å². The minimum atomic E-state index is -0.220. The molecule has 0 heterocycles. The molecule has 2 N–H and O–H groups in total. The Hall–Kier alpha value is -1.13. The monoisotopic (exact) mass is 288 g/mol. The molecule has 0 aliphatic heterocycles. The fourth-order valence-corrected chi connectivity index (χ4v) is 1.83. The molecule has 0 fully saturated rings. The zero-order valence-corrected chi connectivity index (χ0v) is 12.4. The molecule has 0 saturated carbocycles. The van der Waals surface area contributed by atoms with Crippen molar-refractivity contribution in [3.63, 3.8) is 0 Å². The highest BCUT2D eigenvalue weighted by molar-refractivity contribution is 5.85. The molecule has 0 aromatic heterocycles. The summed E-state index contributed by atoms with van der Waals surface area (Å²) in [5.41, 5.74) is 1.99. The van der Waals surface area contributed by atoms with Crippen LogP contribution in [-0.2, 0) is 11.2 Å². The van der Waals surface area contributed by atoms with E-state index >= 15 is 0 Å². The van der Waals surface area contributed by atoms with E-state index in [9.17, 15) is 9.18 Å². The minimum absolute atomic E-state index is 0. The number of hydrogen-bond acceptors (Lipinski definition) is 2. The maximum atomic E-state index is 12.9. The molecule has 1 aromatic carbocycles. The Balaban J connectivity index is 0.00000324. The molecule has 1 rings (SSSR count). The Labute approximate surface area is 120 Å². The summed E-state index contributed by atoms with van der Waals surface area (Å²) in [4.78, 5) is 11.7. The van der Waals surface area contributed by atoms with Gasteiger partial charge in [0.1, 0.15) is 5.82 Å². The van der Waals surface area contributed by atoms with Gasteiger partial charge in [0.05, 0.1) is 0 Å². The minimum Gasteiger partial charge on any atom is -0.355 e. The second kappa shape index (κ2) is 8.88. The first kappa shape index (κ1) is 17.9. The summed E-state index contributed by atoms with van der Waals surface area (Å²) < 4.78 is 12.9. The van der Waals surface area contributed by atoms with Crippen molar-refractivity contribution in [3.05, 3.63) is 35.1 Å². The molecule has 0 aliphatic rings.